The Morgan fingerprint density at radius 3 is 2.89 bits per heavy atom. The number of nitrogens with one attached hydrogen (secondary N) is 1. The van der Waals surface area contributed by atoms with Crippen molar-refractivity contribution in [2.75, 3.05) is 0 Å². The monoisotopic (exact) mass is 248 g/mol. The molecule has 0 saturated carbocycles. The van der Waals surface area contributed by atoms with Crippen molar-refractivity contribution in [1.82, 2.24) is 20.1 Å². The number of nitrogens with zero attached hydrogens (tertiary/aromatic N) is 3. The third-order valence-electron chi connectivity index (χ3n) is 2.31. The Balaban J connectivity index is 2.06. The molecule has 18 heavy (non-hydrogen) atoms. The fraction of sp³-hybridized carbons (Fsp3) is 0.182. The third kappa shape index (κ3) is 2.40. The number of para-hydroxylation sites is 1. The van der Waals surface area contributed by atoms with Crippen molar-refractivity contribution in [3.05, 3.63) is 35.9 Å². The molecule has 0 spiro atoms. The van der Waals surface area contributed by atoms with Crippen LogP contribution in [0.2, 0.25) is 0 Å². The minimum absolute atomic E-state index is 0.00549. The zero-order valence-corrected chi connectivity index (χ0v) is 9.66. The minimum Gasteiger partial charge on any atom is -0.504 e. The highest BCUT2D eigenvalue weighted by Crippen LogP contribution is 2.27. The van der Waals surface area contributed by atoms with Crippen molar-refractivity contribution in [1.29, 1.82) is 0 Å². The van der Waals surface area contributed by atoms with E-state index in [0.717, 1.165) is 0 Å². The highest BCUT2D eigenvalue weighted by atomic mass is 16.3. The molecular formula is C11H12N4O3. The summed E-state index contributed by atoms with van der Waals surface area (Å²) in [6.45, 7) is 0.148. The molecule has 1 aromatic carbocycles. The molecule has 1 aromatic heterocycles. The van der Waals surface area contributed by atoms with Gasteiger partial charge in [0.25, 0.3) is 5.91 Å². The van der Waals surface area contributed by atoms with Gasteiger partial charge in [0.1, 0.15) is 6.33 Å². The van der Waals surface area contributed by atoms with Gasteiger partial charge in [0.15, 0.2) is 17.3 Å². The normalized spacial score (nSPS) is 10.3. The Labute approximate surface area is 103 Å². The van der Waals surface area contributed by atoms with Crippen molar-refractivity contribution in [3.8, 4) is 11.5 Å². The van der Waals surface area contributed by atoms with Crippen LogP contribution in [0.15, 0.2) is 24.5 Å². The molecule has 1 amide bonds. The average Bonchev–Trinajstić information content (AvgIpc) is 2.76. The van der Waals surface area contributed by atoms with E-state index < -0.39 is 11.7 Å². The number of phenols is 2. The Morgan fingerprint density at radius 2 is 2.22 bits per heavy atom. The maximum Gasteiger partial charge on any atom is 0.255 e. The van der Waals surface area contributed by atoms with E-state index in [4.69, 9.17) is 0 Å². The lowest BCUT2D eigenvalue weighted by Crippen LogP contribution is -2.23. The molecule has 0 unspecified atom stereocenters. The fourth-order valence-electron chi connectivity index (χ4n) is 1.43. The second kappa shape index (κ2) is 4.74. The minimum atomic E-state index is -0.504. The Kier molecular flexibility index (Phi) is 3.13. The zero-order chi connectivity index (χ0) is 13.1. The van der Waals surface area contributed by atoms with Gasteiger partial charge in [-0.15, -0.1) is 0 Å². The predicted octanol–water partition coefficient (Wildman–Crippen LogP) is 0.156. The maximum atomic E-state index is 11.8. The van der Waals surface area contributed by atoms with Crippen LogP contribution in [-0.4, -0.2) is 30.9 Å². The van der Waals surface area contributed by atoms with Crippen molar-refractivity contribution in [2.45, 2.75) is 6.54 Å². The lowest BCUT2D eigenvalue weighted by molar-refractivity contribution is 0.0946. The summed E-state index contributed by atoms with van der Waals surface area (Å²) in [5, 5.41) is 25.3. The number of aromatic nitrogens is 3. The predicted molar refractivity (Wildman–Crippen MR) is 61.9 cm³/mol. The first kappa shape index (κ1) is 11.9. The highest BCUT2D eigenvalue weighted by molar-refractivity contribution is 5.97. The first-order valence-corrected chi connectivity index (χ1v) is 5.21. The summed E-state index contributed by atoms with van der Waals surface area (Å²) in [5.74, 6) is -0.816. The molecule has 0 saturated heterocycles. The molecule has 0 bridgehead atoms. The lowest BCUT2D eigenvalue weighted by atomic mass is 10.1. The van der Waals surface area contributed by atoms with E-state index in [2.05, 4.69) is 15.4 Å². The summed E-state index contributed by atoms with van der Waals surface area (Å²) in [6, 6.07) is 4.19. The molecule has 2 aromatic rings. The van der Waals surface area contributed by atoms with E-state index >= 15 is 0 Å². The number of hydrogen-bond donors (Lipinski definition) is 3. The van der Waals surface area contributed by atoms with Gasteiger partial charge in [-0.05, 0) is 12.1 Å². The van der Waals surface area contributed by atoms with Crippen LogP contribution in [0.25, 0.3) is 0 Å². The zero-order valence-electron chi connectivity index (χ0n) is 9.66. The molecule has 0 aliphatic rings. The number of benzene rings is 1. The molecule has 0 radical (unpaired) electrons. The fourth-order valence-corrected chi connectivity index (χ4v) is 1.43. The number of aromatic hydroxyl groups is 2. The third-order valence-corrected chi connectivity index (χ3v) is 2.31. The molecule has 0 fully saturated rings. The first-order chi connectivity index (χ1) is 8.58. The molecule has 0 aliphatic carbocycles. The average molecular weight is 248 g/mol. The quantitative estimate of drug-likeness (QED) is 0.672. The van der Waals surface area contributed by atoms with E-state index in [0.29, 0.717) is 5.82 Å². The van der Waals surface area contributed by atoms with Crippen LogP contribution in [0.1, 0.15) is 16.2 Å². The van der Waals surface area contributed by atoms with Crippen molar-refractivity contribution in [3.63, 3.8) is 0 Å². The van der Waals surface area contributed by atoms with Crippen molar-refractivity contribution < 1.29 is 15.0 Å². The van der Waals surface area contributed by atoms with Gasteiger partial charge >= 0.3 is 0 Å². The van der Waals surface area contributed by atoms with E-state index in [1.807, 2.05) is 0 Å². The van der Waals surface area contributed by atoms with Gasteiger partial charge in [0.2, 0.25) is 0 Å². The topological polar surface area (TPSA) is 100 Å². The van der Waals surface area contributed by atoms with Crippen LogP contribution in [-0.2, 0) is 13.6 Å². The summed E-state index contributed by atoms with van der Waals surface area (Å²) in [5.41, 5.74) is 0.00549. The van der Waals surface area contributed by atoms with Gasteiger partial charge in [-0.3, -0.25) is 9.48 Å². The van der Waals surface area contributed by atoms with E-state index in [1.54, 1.807) is 7.05 Å². The number of phenolic OH excluding ortho intramolecular Hbond substituents is 2. The highest BCUT2D eigenvalue weighted by Gasteiger charge is 2.13. The Morgan fingerprint density at radius 1 is 1.44 bits per heavy atom. The molecule has 1 heterocycles. The van der Waals surface area contributed by atoms with Gasteiger partial charge in [0.05, 0.1) is 12.1 Å². The van der Waals surface area contributed by atoms with Crippen LogP contribution in [0.5, 0.6) is 11.5 Å². The molecule has 94 valence electrons. The number of amides is 1. The largest absolute Gasteiger partial charge is 0.504 e. The molecule has 0 atom stereocenters. The van der Waals surface area contributed by atoms with Crippen LogP contribution in [0, 0.1) is 0 Å². The summed E-state index contributed by atoms with van der Waals surface area (Å²) in [7, 11) is 1.72. The second-order valence-electron chi connectivity index (χ2n) is 3.69. The molecule has 3 N–H and O–H groups in total. The van der Waals surface area contributed by atoms with Gasteiger partial charge in [-0.1, -0.05) is 6.07 Å². The maximum absolute atomic E-state index is 11.8. The smallest absolute Gasteiger partial charge is 0.255 e. The lowest BCUT2D eigenvalue weighted by Gasteiger charge is -2.05. The standard InChI is InChI=1S/C11H12N4O3/c1-15-6-13-9(14-15)5-12-11(18)7-3-2-4-8(16)10(7)17/h2-4,6,16-17H,5H2,1H3,(H,12,18). The first-order valence-electron chi connectivity index (χ1n) is 5.21. The molecule has 7 heteroatoms. The Bertz CT molecular complexity index is 579. The molecule has 7 nitrogen and oxygen atoms in total. The summed E-state index contributed by atoms with van der Waals surface area (Å²) in [4.78, 5) is 15.7. The molecule has 0 aliphatic heterocycles. The number of hydrogen-bond acceptors (Lipinski definition) is 5. The summed E-state index contributed by atoms with van der Waals surface area (Å²) >= 11 is 0. The summed E-state index contributed by atoms with van der Waals surface area (Å²) in [6.07, 6.45) is 1.52. The van der Waals surface area contributed by atoms with Crippen molar-refractivity contribution >= 4 is 5.91 Å². The number of carbonyl (C=O) groups is 1. The van der Waals surface area contributed by atoms with Gasteiger partial charge in [-0.2, -0.15) is 5.10 Å². The van der Waals surface area contributed by atoms with Crippen LogP contribution >= 0.6 is 0 Å². The molecular weight excluding hydrogens is 236 g/mol. The Hall–Kier alpha value is -2.57. The number of rotatable bonds is 3. The van der Waals surface area contributed by atoms with Gasteiger partial charge in [0, 0.05) is 7.05 Å². The molecule has 2 rings (SSSR count). The van der Waals surface area contributed by atoms with E-state index in [9.17, 15) is 15.0 Å². The van der Waals surface area contributed by atoms with E-state index in [-0.39, 0.29) is 17.9 Å². The van der Waals surface area contributed by atoms with Crippen LogP contribution < -0.4 is 5.32 Å². The van der Waals surface area contributed by atoms with Gasteiger partial charge < -0.3 is 15.5 Å². The van der Waals surface area contributed by atoms with Gasteiger partial charge in [-0.25, -0.2) is 4.98 Å². The summed E-state index contributed by atoms with van der Waals surface area (Å²) < 4.78 is 1.52. The van der Waals surface area contributed by atoms with Crippen LogP contribution in [0.4, 0.5) is 0 Å². The second-order valence-corrected chi connectivity index (χ2v) is 3.69. The van der Waals surface area contributed by atoms with Crippen molar-refractivity contribution in [2.24, 2.45) is 7.05 Å². The van der Waals surface area contributed by atoms with Crippen LogP contribution in [0.3, 0.4) is 0 Å². The number of aryl methyl sites for hydroxylation is 1. The number of carbonyl (C=O) groups excluding carboxylic acids is 1. The SMILES string of the molecule is Cn1cnc(CNC(=O)c2cccc(O)c2O)n1. The van der Waals surface area contributed by atoms with E-state index in [1.165, 1.54) is 29.2 Å².